The summed E-state index contributed by atoms with van der Waals surface area (Å²) in [6, 6.07) is 4.23. The van der Waals surface area contributed by atoms with Gasteiger partial charge in [-0.3, -0.25) is 14.2 Å². The van der Waals surface area contributed by atoms with Crippen molar-refractivity contribution in [3.8, 4) is 5.69 Å². The minimum absolute atomic E-state index is 0.0295. The average Bonchev–Trinajstić information content (AvgIpc) is 2.89. The van der Waals surface area contributed by atoms with Gasteiger partial charge >= 0.3 is 5.69 Å². The van der Waals surface area contributed by atoms with E-state index in [0.29, 0.717) is 38.0 Å². The molecule has 2 amide bonds. The molecule has 0 spiro atoms. The van der Waals surface area contributed by atoms with Crippen LogP contribution in [0.3, 0.4) is 0 Å². The van der Waals surface area contributed by atoms with Crippen LogP contribution in [0.15, 0.2) is 29.2 Å². The summed E-state index contributed by atoms with van der Waals surface area (Å²) in [5, 5.41) is 0. The molecule has 1 aromatic carbocycles. The Morgan fingerprint density at radius 3 is 2.05 bits per heavy atom. The molecule has 0 atom stereocenters. The van der Waals surface area contributed by atoms with E-state index in [-0.39, 0.29) is 30.1 Å². The molecule has 2 aliphatic rings. The number of carbonyl (C=O) groups excluding carboxylic acids is 2. The Bertz CT molecular complexity index is 1130. The lowest BCUT2D eigenvalue weighted by Gasteiger charge is -2.37. The van der Waals surface area contributed by atoms with Gasteiger partial charge in [-0.15, -0.1) is 0 Å². The molecule has 0 radical (unpaired) electrons. The molecule has 1 saturated carbocycles. The molecule has 216 valence electrons. The summed E-state index contributed by atoms with van der Waals surface area (Å²) in [5.41, 5.74) is 19.2. The summed E-state index contributed by atoms with van der Waals surface area (Å²) in [5.74, 6) is -1.33. The van der Waals surface area contributed by atoms with E-state index in [1.807, 2.05) is 4.90 Å². The molecule has 1 aliphatic heterocycles. The summed E-state index contributed by atoms with van der Waals surface area (Å²) in [4.78, 5) is 40.9. The Morgan fingerprint density at radius 1 is 1.10 bits per heavy atom. The fraction of sp³-hybridized carbons (Fsp3) is 0.538. The van der Waals surface area contributed by atoms with E-state index in [1.165, 1.54) is 38.3 Å². The molecule has 1 aromatic heterocycles. The maximum Gasteiger partial charge on any atom is 0.354 e. The lowest BCUT2D eigenvalue weighted by atomic mass is 9.97. The van der Waals surface area contributed by atoms with Gasteiger partial charge in [-0.05, 0) is 44.9 Å². The van der Waals surface area contributed by atoms with Crippen LogP contribution in [-0.2, 0) is 16.1 Å². The Hall–Kier alpha value is -3.42. The van der Waals surface area contributed by atoms with Crippen molar-refractivity contribution in [2.24, 2.45) is 22.9 Å². The number of piperazine rings is 1. The Balaban J connectivity index is 0.000000450. The van der Waals surface area contributed by atoms with Gasteiger partial charge in [-0.2, -0.15) is 4.98 Å². The summed E-state index contributed by atoms with van der Waals surface area (Å²) in [6.07, 6.45) is 8.33. The topological polar surface area (TPSA) is 180 Å². The number of rotatable bonds is 4. The number of aromatic nitrogens is 2. The quantitative estimate of drug-likeness (QED) is 0.402. The number of hydrogen-bond donors (Lipinski definition) is 4. The third-order valence-corrected chi connectivity index (χ3v) is 6.49. The van der Waals surface area contributed by atoms with Gasteiger partial charge in [0.25, 0.3) is 0 Å². The average molecular weight is 551 g/mol. The van der Waals surface area contributed by atoms with Crippen LogP contribution in [0.5, 0.6) is 0 Å². The highest BCUT2D eigenvalue weighted by Gasteiger charge is 2.30. The largest absolute Gasteiger partial charge is 0.372 e. The maximum atomic E-state index is 14.0. The molecule has 1 aliphatic carbocycles. The number of amides is 2. The first-order valence-electron chi connectivity index (χ1n) is 12.9. The second-order valence-electron chi connectivity index (χ2n) is 10.1. The van der Waals surface area contributed by atoms with Gasteiger partial charge in [-0.25, -0.2) is 13.6 Å². The number of nitrogens with zero attached hydrogens (tertiary/aromatic N) is 4. The SMILES string of the molecule is CC(C)(N)C(=O)N1CCN(c2ccn(-c3cc(F)c(CN)c(F)c3)c(=O)n2)CC1.NC1CCCCC1.NC=O. The van der Waals surface area contributed by atoms with Gasteiger partial charge in [0, 0.05) is 50.5 Å². The number of carbonyl (C=O) groups is 2. The fourth-order valence-corrected chi connectivity index (χ4v) is 4.37. The normalized spacial score (nSPS) is 16.0. The summed E-state index contributed by atoms with van der Waals surface area (Å²) in [7, 11) is 0. The highest BCUT2D eigenvalue weighted by atomic mass is 19.1. The van der Waals surface area contributed by atoms with Gasteiger partial charge < -0.3 is 32.7 Å². The van der Waals surface area contributed by atoms with Crippen molar-refractivity contribution in [1.82, 2.24) is 14.5 Å². The van der Waals surface area contributed by atoms with Crippen molar-refractivity contribution in [3.05, 3.63) is 52.1 Å². The van der Waals surface area contributed by atoms with Gasteiger partial charge in [0.1, 0.15) is 17.5 Å². The Kier molecular flexibility index (Phi) is 11.9. The highest BCUT2D eigenvalue weighted by Crippen LogP contribution is 2.19. The molecule has 13 heteroatoms. The Labute approximate surface area is 227 Å². The van der Waals surface area contributed by atoms with Crippen molar-refractivity contribution in [2.75, 3.05) is 31.1 Å². The monoisotopic (exact) mass is 550 g/mol. The van der Waals surface area contributed by atoms with Crippen LogP contribution in [0.25, 0.3) is 5.69 Å². The molecule has 2 aromatic rings. The zero-order chi connectivity index (χ0) is 29.2. The van der Waals surface area contributed by atoms with Crippen molar-refractivity contribution in [1.29, 1.82) is 0 Å². The van der Waals surface area contributed by atoms with Crippen LogP contribution >= 0.6 is 0 Å². The first-order chi connectivity index (χ1) is 18.4. The molecule has 8 N–H and O–H groups in total. The molecule has 0 bridgehead atoms. The minimum atomic E-state index is -0.940. The van der Waals surface area contributed by atoms with Crippen LogP contribution in [0.2, 0.25) is 0 Å². The smallest absolute Gasteiger partial charge is 0.354 e. The summed E-state index contributed by atoms with van der Waals surface area (Å²) < 4.78 is 29.0. The van der Waals surface area contributed by atoms with Crippen molar-refractivity contribution >= 4 is 18.1 Å². The fourth-order valence-electron chi connectivity index (χ4n) is 4.37. The van der Waals surface area contributed by atoms with Gasteiger partial charge in [-0.1, -0.05) is 19.3 Å². The van der Waals surface area contributed by atoms with E-state index in [4.69, 9.17) is 22.0 Å². The van der Waals surface area contributed by atoms with Crippen LogP contribution in [0.1, 0.15) is 51.5 Å². The molecule has 39 heavy (non-hydrogen) atoms. The van der Waals surface area contributed by atoms with E-state index in [1.54, 1.807) is 24.8 Å². The van der Waals surface area contributed by atoms with Crippen molar-refractivity contribution < 1.29 is 18.4 Å². The molecule has 2 heterocycles. The van der Waals surface area contributed by atoms with Crippen LogP contribution in [0.4, 0.5) is 14.6 Å². The number of nitrogens with two attached hydrogens (primary N) is 4. The van der Waals surface area contributed by atoms with Crippen LogP contribution in [0, 0.1) is 11.6 Å². The van der Waals surface area contributed by atoms with E-state index >= 15 is 0 Å². The summed E-state index contributed by atoms with van der Waals surface area (Å²) >= 11 is 0. The predicted octanol–water partition coefficient (Wildman–Crippen LogP) is 0.735. The first kappa shape index (κ1) is 31.8. The van der Waals surface area contributed by atoms with E-state index in [0.717, 1.165) is 16.7 Å². The van der Waals surface area contributed by atoms with Gasteiger partial charge in [0.05, 0.1) is 11.2 Å². The second kappa shape index (κ2) is 14.7. The number of halogens is 2. The zero-order valence-corrected chi connectivity index (χ0v) is 22.6. The number of hydrogen-bond acceptors (Lipinski definition) is 8. The highest BCUT2D eigenvalue weighted by molar-refractivity contribution is 5.85. The van der Waals surface area contributed by atoms with Crippen LogP contribution < -0.4 is 33.5 Å². The zero-order valence-electron chi connectivity index (χ0n) is 22.6. The summed E-state index contributed by atoms with van der Waals surface area (Å²) in [6.45, 7) is 4.95. The minimum Gasteiger partial charge on any atom is -0.372 e. The lowest BCUT2D eigenvalue weighted by molar-refractivity contribution is -0.136. The molecule has 1 saturated heterocycles. The number of primary amides is 1. The lowest BCUT2D eigenvalue weighted by Crippen LogP contribution is -2.57. The second-order valence-corrected chi connectivity index (χ2v) is 10.1. The molecule has 4 rings (SSSR count). The van der Waals surface area contributed by atoms with E-state index in [2.05, 4.69) is 10.7 Å². The Morgan fingerprint density at radius 2 is 1.64 bits per heavy atom. The van der Waals surface area contributed by atoms with Crippen molar-refractivity contribution in [2.45, 2.75) is 64.1 Å². The third-order valence-electron chi connectivity index (χ3n) is 6.49. The third kappa shape index (κ3) is 9.08. The molecule has 11 nitrogen and oxygen atoms in total. The van der Waals surface area contributed by atoms with Gasteiger partial charge in [0.2, 0.25) is 12.3 Å². The molecule has 2 fully saturated rings. The standard InChI is InChI=1S/C19H24F2N6O2.C6H13N.CH3NO/c1-19(2,23)17(28)26-7-5-25(6-8-26)16-3-4-27(18(29)24-16)12-9-14(20)13(11-22)15(21)10-12;7-6-4-2-1-3-5-6;2-1-3/h3-4,9-10H,5-8,11,22-23H2,1-2H3;6H,1-5,7H2;1H,(H2,2,3). The number of anilines is 1. The van der Waals surface area contributed by atoms with E-state index < -0.39 is 22.9 Å². The molecular formula is C26H40F2N8O3. The maximum absolute atomic E-state index is 14.0. The molecule has 0 unspecified atom stereocenters. The van der Waals surface area contributed by atoms with Crippen LogP contribution in [-0.4, -0.2) is 64.5 Å². The van der Waals surface area contributed by atoms with Crippen molar-refractivity contribution in [3.63, 3.8) is 0 Å². The predicted molar refractivity (Wildman–Crippen MR) is 146 cm³/mol. The van der Waals surface area contributed by atoms with E-state index in [9.17, 15) is 18.4 Å². The van der Waals surface area contributed by atoms with Gasteiger partial charge in [0.15, 0.2) is 0 Å². The molecular weight excluding hydrogens is 510 g/mol. The number of benzene rings is 1. The first-order valence-corrected chi connectivity index (χ1v) is 12.9.